The van der Waals surface area contributed by atoms with Crippen LogP contribution in [0.1, 0.15) is 39.5 Å². The zero-order valence-corrected chi connectivity index (χ0v) is 9.74. The summed E-state index contributed by atoms with van der Waals surface area (Å²) in [5, 5.41) is 21.7. The molecule has 0 aromatic heterocycles. The molecule has 1 saturated carbocycles. The first-order chi connectivity index (χ1) is 7.19. The fraction of sp³-hybridized carbons (Fsp3) is 0.917. The second kappa shape index (κ2) is 6.09. The van der Waals surface area contributed by atoms with Gasteiger partial charge in [0.1, 0.15) is 0 Å². The zero-order valence-electron chi connectivity index (χ0n) is 9.74. The summed E-state index contributed by atoms with van der Waals surface area (Å²) < 4.78 is 0. The highest BCUT2D eigenvalue weighted by Gasteiger charge is 2.27. The van der Waals surface area contributed by atoms with Gasteiger partial charge >= 0.3 is 0 Å². The maximum Gasteiger partial charge on any atom is 0.0672 e. The van der Waals surface area contributed by atoms with Gasteiger partial charge in [0.05, 0.1) is 18.6 Å². The van der Waals surface area contributed by atoms with Gasteiger partial charge in [0.25, 0.3) is 0 Å². The third-order valence-electron chi connectivity index (χ3n) is 3.36. The molecular weight excluding hydrogens is 188 g/mol. The molecule has 0 amide bonds. The highest BCUT2D eigenvalue weighted by atomic mass is 16.3. The smallest absolute Gasteiger partial charge is 0.0672 e. The molecule has 0 heterocycles. The van der Waals surface area contributed by atoms with Crippen molar-refractivity contribution in [2.75, 3.05) is 6.61 Å². The van der Waals surface area contributed by atoms with E-state index < -0.39 is 0 Å². The van der Waals surface area contributed by atoms with Crippen molar-refractivity contribution in [2.24, 2.45) is 11.8 Å². The van der Waals surface area contributed by atoms with Gasteiger partial charge < -0.3 is 10.4 Å². The van der Waals surface area contributed by atoms with Crippen LogP contribution < -0.4 is 5.32 Å². The Morgan fingerprint density at radius 2 is 2.07 bits per heavy atom. The Balaban J connectivity index is 2.50. The van der Waals surface area contributed by atoms with E-state index >= 15 is 0 Å². The van der Waals surface area contributed by atoms with Gasteiger partial charge in [-0.1, -0.05) is 26.7 Å². The highest BCUT2D eigenvalue weighted by Crippen LogP contribution is 2.24. The van der Waals surface area contributed by atoms with Crippen LogP contribution in [0.5, 0.6) is 0 Å². The Bertz CT molecular complexity index is 222. The predicted molar refractivity (Wildman–Crippen MR) is 60.2 cm³/mol. The van der Waals surface area contributed by atoms with Crippen molar-refractivity contribution in [2.45, 2.75) is 51.6 Å². The van der Waals surface area contributed by atoms with Gasteiger partial charge in [-0.3, -0.25) is 0 Å². The van der Waals surface area contributed by atoms with E-state index in [1.54, 1.807) is 0 Å². The fourth-order valence-electron chi connectivity index (χ4n) is 2.22. The van der Waals surface area contributed by atoms with Gasteiger partial charge in [-0.25, -0.2) is 0 Å². The minimum atomic E-state index is 0.129. The zero-order chi connectivity index (χ0) is 11.3. The van der Waals surface area contributed by atoms with Crippen LogP contribution in [-0.4, -0.2) is 23.8 Å². The van der Waals surface area contributed by atoms with Gasteiger partial charge in [0.15, 0.2) is 0 Å². The summed E-state index contributed by atoms with van der Waals surface area (Å²) in [7, 11) is 0. The van der Waals surface area contributed by atoms with E-state index in [1.807, 2.05) is 0 Å². The molecule has 3 nitrogen and oxygen atoms in total. The van der Waals surface area contributed by atoms with E-state index in [9.17, 15) is 5.11 Å². The van der Waals surface area contributed by atoms with Crippen molar-refractivity contribution < 1.29 is 5.11 Å². The number of nitrogens with one attached hydrogen (secondary N) is 1. The third kappa shape index (κ3) is 3.48. The summed E-state index contributed by atoms with van der Waals surface area (Å²) in [4.78, 5) is 0. The molecule has 1 fully saturated rings. The summed E-state index contributed by atoms with van der Waals surface area (Å²) in [6.45, 7) is 4.35. The number of hydrogen-bond donors (Lipinski definition) is 2. The monoisotopic (exact) mass is 210 g/mol. The lowest BCUT2D eigenvalue weighted by Gasteiger charge is -2.32. The van der Waals surface area contributed by atoms with Crippen LogP contribution in [0.25, 0.3) is 0 Å². The van der Waals surface area contributed by atoms with Crippen molar-refractivity contribution in [1.29, 1.82) is 5.26 Å². The van der Waals surface area contributed by atoms with E-state index in [1.165, 1.54) is 12.8 Å². The lowest BCUT2D eigenvalue weighted by molar-refractivity contribution is 0.177. The SMILES string of the molecule is CC(C)[C@@H](CO)NC1CCCCC1C#N. The highest BCUT2D eigenvalue weighted by molar-refractivity contribution is 4.95. The molecule has 2 unspecified atom stereocenters. The Morgan fingerprint density at radius 3 is 2.60 bits per heavy atom. The van der Waals surface area contributed by atoms with E-state index in [-0.39, 0.29) is 24.6 Å². The number of nitrogens with zero attached hydrogens (tertiary/aromatic N) is 1. The Morgan fingerprint density at radius 1 is 1.40 bits per heavy atom. The number of nitriles is 1. The molecule has 0 radical (unpaired) electrons. The summed E-state index contributed by atoms with van der Waals surface area (Å²) in [5.74, 6) is 0.544. The van der Waals surface area contributed by atoms with E-state index in [4.69, 9.17) is 5.26 Å². The molecule has 0 saturated heterocycles. The second-order valence-electron chi connectivity index (χ2n) is 4.83. The van der Waals surface area contributed by atoms with Gasteiger partial charge in [-0.05, 0) is 18.8 Å². The molecule has 15 heavy (non-hydrogen) atoms. The van der Waals surface area contributed by atoms with E-state index in [2.05, 4.69) is 25.2 Å². The number of aliphatic hydroxyl groups is 1. The molecular formula is C12H22N2O. The molecule has 2 N–H and O–H groups in total. The molecule has 0 aromatic rings. The van der Waals surface area contributed by atoms with Crippen molar-refractivity contribution in [1.82, 2.24) is 5.32 Å². The van der Waals surface area contributed by atoms with Crippen molar-refractivity contribution in [3.63, 3.8) is 0 Å². The standard InChI is InChI=1S/C12H22N2O/c1-9(2)12(8-15)14-11-6-4-3-5-10(11)7-13/h9-12,14-15H,3-6,8H2,1-2H3/t10?,11?,12-/m1/s1. The largest absolute Gasteiger partial charge is 0.395 e. The molecule has 1 rings (SSSR count). The first-order valence-electron chi connectivity index (χ1n) is 5.95. The Labute approximate surface area is 92.5 Å². The minimum Gasteiger partial charge on any atom is -0.395 e. The summed E-state index contributed by atoms with van der Waals surface area (Å²) in [5.41, 5.74) is 0. The second-order valence-corrected chi connectivity index (χ2v) is 4.83. The Kier molecular flexibility index (Phi) is 5.07. The Hall–Kier alpha value is -0.590. The molecule has 3 atom stereocenters. The summed E-state index contributed by atoms with van der Waals surface area (Å²) >= 11 is 0. The van der Waals surface area contributed by atoms with Crippen LogP contribution >= 0.6 is 0 Å². The summed E-state index contributed by atoms with van der Waals surface area (Å²) in [6.07, 6.45) is 4.44. The van der Waals surface area contributed by atoms with Gasteiger partial charge in [-0.2, -0.15) is 5.26 Å². The molecule has 0 aliphatic heterocycles. The number of rotatable bonds is 4. The lowest BCUT2D eigenvalue weighted by atomic mass is 9.84. The van der Waals surface area contributed by atoms with Crippen LogP contribution in [0.4, 0.5) is 0 Å². The molecule has 0 spiro atoms. The van der Waals surface area contributed by atoms with Crippen LogP contribution in [0.15, 0.2) is 0 Å². The van der Waals surface area contributed by atoms with Crippen LogP contribution in [-0.2, 0) is 0 Å². The topological polar surface area (TPSA) is 56.0 Å². The van der Waals surface area contributed by atoms with Crippen LogP contribution in [0, 0.1) is 23.2 Å². The molecule has 0 aromatic carbocycles. The number of hydrogen-bond acceptors (Lipinski definition) is 3. The number of aliphatic hydroxyl groups excluding tert-OH is 1. The van der Waals surface area contributed by atoms with E-state index in [0.29, 0.717) is 5.92 Å². The van der Waals surface area contributed by atoms with Gasteiger partial charge in [0, 0.05) is 12.1 Å². The van der Waals surface area contributed by atoms with Crippen molar-refractivity contribution in [3.05, 3.63) is 0 Å². The van der Waals surface area contributed by atoms with Gasteiger partial charge in [-0.15, -0.1) is 0 Å². The minimum absolute atomic E-state index is 0.129. The first-order valence-corrected chi connectivity index (χ1v) is 5.95. The van der Waals surface area contributed by atoms with Crippen molar-refractivity contribution in [3.8, 4) is 6.07 Å². The normalized spacial score (nSPS) is 28.7. The van der Waals surface area contributed by atoms with Crippen LogP contribution in [0.2, 0.25) is 0 Å². The van der Waals surface area contributed by atoms with E-state index in [0.717, 1.165) is 12.8 Å². The molecule has 3 heteroatoms. The summed E-state index contributed by atoms with van der Waals surface area (Å²) in [6, 6.07) is 2.79. The molecule has 1 aliphatic carbocycles. The maximum atomic E-state index is 9.24. The molecule has 1 aliphatic rings. The van der Waals surface area contributed by atoms with Gasteiger partial charge in [0.2, 0.25) is 0 Å². The lowest BCUT2D eigenvalue weighted by Crippen LogP contribution is -2.47. The van der Waals surface area contributed by atoms with Crippen molar-refractivity contribution >= 4 is 0 Å². The average Bonchev–Trinajstić information content (AvgIpc) is 2.25. The predicted octanol–water partition coefficient (Wildman–Crippen LogP) is 1.68. The molecule has 0 bridgehead atoms. The fourth-order valence-corrected chi connectivity index (χ4v) is 2.22. The maximum absolute atomic E-state index is 9.24. The average molecular weight is 210 g/mol. The third-order valence-corrected chi connectivity index (χ3v) is 3.36. The first kappa shape index (κ1) is 12.5. The quantitative estimate of drug-likeness (QED) is 0.742. The molecule has 86 valence electrons. The van der Waals surface area contributed by atoms with Crippen LogP contribution in [0.3, 0.4) is 0 Å².